The smallest absolute Gasteiger partial charge is 0.0619 e. The maximum atomic E-state index is 2.48. The number of aromatic nitrogens is 1. The molecule has 0 saturated heterocycles. The summed E-state index contributed by atoms with van der Waals surface area (Å²) in [4.78, 5) is 0. The van der Waals surface area contributed by atoms with Gasteiger partial charge in [0, 0.05) is 21.5 Å². The van der Waals surface area contributed by atoms with Gasteiger partial charge in [0.25, 0.3) is 0 Å². The molecule has 0 aliphatic heterocycles. The minimum atomic E-state index is 1.23. The summed E-state index contributed by atoms with van der Waals surface area (Å²) in [5.74, 6) is 0. The molecule has 0 saturated carbocycles. The standard InChI is InChI=1S/C31H21N/c1-20-17-18-30-28(19-20)27-15-8-14-26-24-12-5-3-10-22(24)21-9-2-4-11-23(21)25-13-6-7-16-29(25)32(30)31(26)27/h2-19H,1H3. The Hall–Kier alpha value is -4.10. The van der Waals surface area contributed by atoms with Crippen LogP contribution in [0, 0.1) is 6.92 Å². The van der Waals surface area contributed by atoms with Gasteiger partial charge in [-0.1, -0.05) is 96.6 Å². The van der Waals surface area contributed by atoms with Crippen LogP contribution in [-0.4, -0.2) is 4.40 Å². The van der Waals surface area contributed by atoms with Crippen molar-refractivity contribution in [3.8, 4) is 0 Å². The Labute approximate surface area is 185 Å². The van der Waals surface area contributed by atoms with Crippen molar-refractivity contribution >= 4 is 59.6 Å². The van der Waals surface area contributed by atoms with Crippen molar-refractivity contribution in [1.29, 1.82) is 0 Å². The van der Waals surface area contributed by atoms with Gasteiger partial charge >= 0.3 is 0 Å². The van der Waals surface area contributed by atoms with Crippen molar-refractivity contribution in [1.82, 2.24) is 4.40 Å². The minimum Gasteiger partial charge on any atom is -0.308 e. The predicted molar refractivity (Wildman–Crippen MR) is 138 cm³/mol. The van der Waals surface area contributed by atoms with E-state index in [-0.39, 0.29) is 0 Å². The monoisotopic (exact) mass is 407 g/mol. The number of hydrogen-bond acceptors (Lipinski definition) is 0. The predicted octanol–water partition coefficient (Wildman–Crippen LogP) is 8.58. The molecule has 0 amide bonds. The first kappa shape index (κ1) is 17.6. The molecular weight excluding hydrogens is 386 g/mol. The van der Waals surface area contributed by atoms with Crippen LogP contribution in [0.4, 0.5) is 0 Å². The van der Waals surface area contributed by atoms with Crippen molar-refractivity contribution in [2.75, 3.05) is 0 Å². The molecular formula is C31H21N. The number of rotatable bonds is 0. The van der Waals surface area contributed by atoms with Crippen molar-refractivity contribution in [2.24, 2.45) is 0 Å². The lowest BCUT2D eigenvalue weighted by Crippen LogP contribution is -1.86. The van der Waals surface area contributed by atoms with Crippen LogP contribution in [0.15, 0.2) is 109 Å². The fourth-order valence-corrected chi connectivity index (χ4v) is 5.45. The third-order valence-electron chi connectivity index (χ3n) is 6.81. The van der Waals surface area contributed by atoms with Gasteiger partial charge in [0.1, 0.15) is 0 Å². The van der Waals surface area contributed by atoms with Gasteiger partial charge in [-0.3, -0.25) is 0 Å². The first-order valence-electron chi connectivity index (χ1n) is 11.1. The number of para-hydroxylation sites is 2. The van der Waals surface area contributed by atoms with Gasteiger partial charge in [0.05, 0.1) is 16.6 Å². The zero-order chi connectivity index (χ0) is 21.2. The van der Waals surface area contributed by atoms with Crippen molar-refractivity contribution < 1.29 is 0 Å². The van der Waals surface area contributed by atoms with Crippen molar-refractivity contribution in [3.63, 3.8) is 0 Å². The Morgan fingerprint density at radius 3 is 1.56 bits per heavy atom. The Morgan fingerprint density at radius 1 is 0.406 bits per heavy atom. The van der Waals surface area contributed by atoms with E-state index in [1.54, 1.807) is 0 Å². The zero-order valence-corrected chi connectivity index (χ0v) is 17.8. The highest BCUT2D eigenvalue weighted by molar-refractivity contribution is 6.25. The summed E-state index contributed by atoms with van der Waals surface area (Å²) in [6.45, 7) is 2.18. The lowest BCUT2D eigenvalue weighted by molar-refractivity contribution is 1.35. The van der Waals surface area contributed by atoms with E-state index < -0.39 is 0 Å². The summed E-state index contributed by atoms with van der Waals surface area (Å²) in [7, 11) is 0. The average molecular weight is 408 g/mol. The van der Waals surface area contributed by atoms with Crippen LogP contribution in [0.3, 0.4) is 0 Å². The molecule has 0 radical (unpaired) electrons. The van der Waals surface area contributed by atoms with E-state index in [4.69, 9.17) is 0 Å². The van der Waals surface area contributed by atoms with E-state index in [9.17, 15) is 0 Å². The molecule has 150 valence electrons. The topological polar surface area (TPSA) is 4.41 Å². The van der Waals surface area contributed by atoms with Gasteiger partial charge in [0.2, 0.25) is 0 Å². The molecule has 1 heteroatoms. The number of aryl methyl sites for hydroxylation is 1. The van der Waals surface area contributed by atoms with Gasteiger partial charge < -0.3 is 4.40 Å². The fourth-order valence-electron chi connectivity index (χ4n) is 5.45. The molecule has 0 aliphatic carbocycles. The van der Waals surface area contributed by atoms with Crippen molar-refractivity contribution in [2.45, 2.75) is 6.92 Å². The normalized spacial score (nSPS) is 11.9. The van der Waals surface area contributed by atoms with Crippen molar-refractivity contribution in [3.05, 3.63) is 115 Å². The summed E-state index contributed by atoms with van der Waals surface area (Å²) in [5.41, 5.74) is 5.04. The summed E-state index contributed by atoms with van der Waals surface area (Å²) >= 11 is 0. The Bertz CT molecular complexity index is 1890. The number of nitrogens with zero attached hydrogens (tertiary/aromatic N) is 1. The maximum Gasteiger partial charge on any atom is 0.0619 e. The van der Waals surface area contributed by atoms with Gasteiger partial charge in [-0.25, -0.2) is 0 Å². The van der Waals surface area contributed by atoms with Gasteiger partial charge in [-0.15, -0.1) is 0 Å². The molecule has 0 spiro atoms. The van der Waals surface area contributed by atoms with E-state index in [0.29, 0.717) is 0 Å². The van der Waals surface area contributed by atoms with Crippen LogP contribution < -0.4 is 0 Å². The average Bonchev–Trinajstić information content (AvgIpc) is 3.19. The van der Waals surface area contributed by atoms with Crippen LogP contribution in [0.2, 0.25) is 0 Å². The third kappa shape index (κ3) is 2.28. The van der Waals surface area contributed by atoms with Crippen LogP contribution in [0.5, 0.6) is 0 Å². The fraction of sp³-hybridized carbons (Fsp3) is 0.0323. The SMILES string of the molecule is Cc1ccc2c(c1)c1cccc3c4ccccc4c4ccccc4c4ccccc4n2c31. The van der Waals surface area contributed by atoms with E-state index in [1.807, 2.05) is 0 Å². The Kier molecular flexibility index (Phi) is 3.54. The maximum absolute atomic E-state index is 2.48. The third-order valence-corrected chi connectivity index (χ3v) is 6.81. The molecule has 0 unspecified atom stereocenters. The van der Waals surface area contributed by atoms with Gasteiger partial charge in [0.15, 0.2) is 0 Å². The molecule has 0 atom stereocenters. The molecule has 2 heterocycles. The Morgan fingerprint density at radius 2 is 0.875 bits per heavy atom. The summed E-state index contributed by atoms with van der Waals surface area (Å²) in [5, 5.41) is 10.2. The summed E-state index contributed by atoms with van der Waals surface area (Å²) in [6, 6.07) is 40.1. The van der Waals surface area contributed by atoms with Crippen LogP contribution >= 0.6 is 0 Å². The second kappa shape index (κ2) is 6.45. The molecule has 1 nitrogen and oxygen atoms in total. The lowest BCUT2D eigenvalue weighted by Gasteiger charge is -2.04. The highest BCUT2D eigenvalue weighted by atomic mass is 14.9. The molecule has 7 aromatic rings. The van der Waals surface area contributed by atoms with Gasteiger partial charge in [-0.05, 0) is 46.7 Å². The molecule has 2 aromatic heterocycles. The molecule has 0 N–H and O–H groups in total. The zero-order valence-electron chi connectivity index (χ0n) is 17.8. The second-order valence-electron chi connectivity index (χ2n) is 8.67. The number of fused-ring (bicyclic) bond motifs is 10. The highest BCUT2D eigenvalue weighted by Gasteiger charge is 2.14. The molecule has 0 aliphatic rings. The lowest BCUT2D eigenvalue weighted by atomic mass is 10.0. The largest absolute Gasteiger partial charge is 0.308 e. The van der Waals surface area contributed by atoms with Crippen LogP contribution in [-0.2, 0) is 0 Å². The van der Waals surface area contributed by atoms with Crippen LogP contribution in [0.25, 0.3) is 59.6 Å². The number of benzene rings is 5. The minimum absolute atomic E-state index is 1.23. The van der Waals surface area contributed by atoms with Crippen LogP contribution in [0.1, 0.15) is 5.56 Å². The van der Waals surface area contributed by atoms with E-state index >= 15 is 0 Å². The molecule has 32 heavy (non-hydrogen) atoms. The molecule has 0 fully saturated rings. The Balaban J connectivity index is 2.02. The van der Waals surface area contributed by atoms with E-state index in [0.717, 1.165) is 0 Å². The molecule has 0 bridgehead atoms. The highest BCUT2D eigenvalue weighted by Crippen LogP contribution is 2.38. The van der Waals surface area contributed by atoms with Gasteiger partial charge in [-0.2, -0.15) is 0 Å². The summed E-state index contributed by atoms with van der Waals surface area (Å²) < 4.78 is 2.48. The quantitative estimate of drug-likeness (QED) is 0.237. The van der Waals surface area contributed by atoms with E-state index in [1.165, 1.54) is 65.2 Å². The second-order valence-corrected chi connectivity index (χ2v) is 8.67. The summed E-state index contributed by atoms with van der Waals surface area (Å²) in [6.07, 6.45) is 0. The van der Waals surface area contributed by atoms with E-state index in [2.05, 4.69) is 121 Å². The first-order chi connectivity index (χ1) is 15.8. The molecule has 5 aromatic carbocycles. The molecule has 7 rings (SSSR count). The number of hydrogen-bond donors (Lipinski definition) is 0. The first-order valence-corrected chi connectivity index (χ1v) is 11.1.